The van der Waals surface area contributed by atoms with Crippen molar-refractivity contribution < 1.29 is 258 Å². The summed E-state index contributed by atoms with van der Waals surface area (Å²) in [5, 5.41) is 66.5. The third kappa shape index (κ3) is 18.3. The van der Waals surface area contributed by atoms with Gasteiger partial charge in [0.15, 0.2) is 107 Å². The fourth-order valence-corrected chi connectivity index (χ4v) is 20.3. The number of hydrogen-bond donors (Lipinski definition) is 12. The van der Waals surface area contributed by atoms with Crippen LogP contribution in [0.2, 0.25) is 0 Å². The zero-order valence-electron chi connectivity index (χ0n) is 92.7. The Morgan fingerprint density at radius 1 is 0.355 bits per heavy atom. The summed E-state index contributed by atoms with van der Waals surface area (Å²) in [6.45, 7) is -5.16. The predicted molar refractivity (Wildman–Crippen MR) is 448 cm³/mol. The number of aliphatic hydroxyl groups is 6. The molecule has 750 valence electrons. The second-order valence-corrected chi connectivity index (χ2v) is 36.5. The van der Waals surface area contributed by atoms with Crippen LogP contribution in [-0.4, -0.2) is 291 Å². The molecule has 0 amide bonds. The van der Waals surface area contributed by atoms with Gasteiger partial charge in [-0.2, -0.15) is 0 Å². The standard InChI is InChI=1S/3C29H33O16P/c3*1-11-38-9-20-27(42-11)23(30)24(31)29(43-20)44-25-14-7-17-16(40-10-41-17)6-13(14)21(22-15(25)8-39-28(22)32)12-4-18(36-2)26(19(5-12)37-3)45-46(33,34)35/h3*4-7,11,15,20-25,27,29-31H,8-10H2,1-3H3,(H2,33,34,35)/t3*11-,15+,20-,21-,22+,23-,24-,25-,27-,29+/m111/s1/i2D3,3D3,8D2,21D,22D;2D3,3D3,8D2,22D;9D2. The van der Waals surface area contributed by atoms with Crippen LogP contribution in [0.3, 0.4) is 0 Å². The van der Waals surface area contributed by atoms with E-state index in [1.807, 2.05) is 0 Å². The fraction of sp³-hybridized carbons (Fsp3) is 0.552. The largest absolute Gasteiger partial charge is 0.525 e. The quantitative estimate of drug-likeness (QED) is 0.0279. The van der Waals surface area contributed by atoms with Gasteiger partial charge in [0.05, 0.1) is 143 Å². The molecule has 12 heterocycles. The van der Waals surface area contributed by atoms with Crippen LogP contribution in [0.4, 0.5) is 0 Å². The lowest BCUT2D eigenvalue weighted by atomic mass is 9.66. The van der Waals surface area contributed by atoms with E-state index in [2.05, 4.69) is 9.05 Å². The van der Waals surface area contributed by atoms with Crippen molar-refractivity contribution in [1.82, 2.24) is 0 Å². The molecule has 48 nitrogen and oxygen atoms in total. The van der Waals surface area contributed by atoms with E-state index in [4.69, 9.17) is 157 Å². The summed E-state index contributed by atoms with van der Waals surface area (Å²) in [7, 11) is -27.4. The van der Waals surface area contributed by atoms with Crippen molar-refractivity contribution in [3.05, 3.63) is 123 Å². The Morgan fingerprint density at radius 2 is 0.688 bits per heavy atom. The van der Waals surface area contributed by atoms with Crippen LogP contribution >= 0.6 is 23.5 Å². The van der Waals surface area contributed by atoms with Gasteiger partial charge in [0.2, 0.25) is 37.6 Å². The maximum absolute atomic E-state index is 14.0. The highest BCUT2D eigenvalue weighted by molar-refractivity contribution is 7.47. The number of esters is 3. The molecular formula is C87H99O48P3. The lowest BCUT2D eigenvalue weighted by molar-refractivity contribution is -0.364. The van der Waals surface area contributed by atoms with Crippen LogP contribution in [0.25, 0.3) is 0 Å². The van der Waals surface area contributed by atoms with Gasteiger partial charge in [-0.1, -0.05) is 0 Å². The van der Waals surface area contributed by atoms with Crippen molar-refractivity contribution >= 4 is 41.4 Å². The van der Waals surface area contributed by atoms with Crippen LogP contribution in [-0.2, 0) is 99.1 Å². The number of phosphoric ester groups is 3. The Bertz CT molecular complexity index is 6660. The van der Waals surface area contributed by atoms with E-state index in [0.29, 0.717) is 40.3 Å². The first-order chi connectivity index (χ1) is 73.8. The zero-order valence-corrected chi connectivity index (χ0v) is 74.3. The number of cyclic esters (lactones) is 3. The number of aliphatic hydroxyl groups excluding tert-OH is 6. The van der Waals surface area contributed by atoms with E-state index in [0.717, 1.165) is 18.2 Å². The zero-order chi connectivity index (χ0) is 116. The molecule has 15 aliphatic rings. The van der Waals surface area contributed by atoms with Crippen LogP contribution in [0, 0.1) is 35.5 Å². The van der Waals surface area contributed by atoms with E-state index in [1.54, 1.807) is 26.0 Å². The summed E-state index contributed by atoms with van der Waals surface area (Å²) in [6.07, 6.45) is -29.5. The third-order valence-electron chi connectivity index (χ3n) is 24.9. The second kappa shape index (κ2) is 38.4. The predicted octanol–water partition coefficient (Wildman–Crippen LogP) is 3.31. The number of benzene rings is 6. The average molecular weight is 2030 g/mol. The third-order valence-corrected chi connectivity index (χ3v) is 26.2. The molecule has 30 atom stereocenters. The summed E-state index contributed by atoms with van der Waals surface area (Å²) in [4.78, 5) is 99.2. The number of rotatable bonds is 21. The molecule has 6 aromatic rings. The van der Waals surface area contributed by atoms with E-state index in [1.165, 1.54) is 51.5 Å². The monoisotopic (exact) mass is 2030 g/mol. The van der Waals surface area contributed by atoms with Crippen molar-refractivity contribution in [2.75, 3.05) is 102 Å². The van der Waals surface area contributed by atoms with Crippen molar-refractivity contribution in [2.24, 2.45) is 35.5 Å². The van der Waals surface area contributed by atoms with E-state index in [-0.39, 0.29) is 103 Å². The van der Waals surface area contributed by atoms with Gasteiger partial charge in [-0.3, -0.25) is 43.7 Å². The van der Waals surface area contributed by atoms with Crippen LogP contribution in [0.1, 0.15) is 136 Å². The number of fused-ring (bicyclic) bond motifs is 12. The molecular weight excluding hydrogens is 1910 g/mol. The maximum Gasteiger partial charge on any atom is 0.525 e. The van der Waals surface area contributed by atoms with Crippen molar-refractivity contribution in [2.45, 2.75) is 168 Å². The smallest absolute Gasteiger partial charge is 0.493 e. The first kappa shape index (κ1) is 74.4. The first-order valence-electron chi connectivity index (χ1n) is 52.3. The molecule has 12 aliphatic heterocycles. The molecule has 9 saturated heterocycles. The van der Waals surface area contributed by atoms with Gasteiger partial charge in [-0.15, -0.1) is 0 Å². The molecule has 0 unspecified atom stereocenters. The first-order valence-corrected chi connectivity index (χ1v) is 46.4. The SMILES string of the molecule is [2H]C([2H])([2H])Oc1cc([C@@H]2c3cc4c(cc3[C@@H](O[C@@H]3O[C@@H]5CO[C@@H](C)O[C@H]5[C@H](O)[C@H]3O)[C@H]3C([2H])([2H])OC(=O)[C@]23[2H])OCO4)cc(OC([2H])([2H])[2H])c1OP(=O)(O)O.[2H]C([2H])([2H])Oc1cc([C@]2([2H])c3cc4c(cc3[C@@H](O[C@@H]3O[C@@H]5CO[C@@H](C)O[C@H]5[C@H](O)[C@H]3O)[C@H]3C([2H])([2H])OC(=O)[C@@]32[2H])OCO4)cc(OC([2H])([2H])[2H])c1OP(=O)(O)O.[2H]C1([2H])O[C@@H](C)O[C@H]2[C@H](O)[C@@H](O)[C@H](O[C@@H]3c4cc5c(cc4[C@@H](c4cc(OC)c(OP(=O)(O)O)c(OC)c4)[C@H]4C(=O)OC[C@@H]43)OCO5)O[C@@H]21. The molecule has 0 spiro atoms. The molecule has 138 heavy (non-hydrogen) atoms. The molecule has 0 bridgehead atoms. The number of ether oxygens (including phenoxy) is 27. The van der Waals surface area contributed by atoms with Crippen LogP contribution in [0.15, 0.2) is 72.8 Å². The lowest BCUT2D eigenvalue weighted by Gasteiger charge is -2.47. The number of phosphoric acid groups is 3. The van der Waals surface area contributed by atoms with Gasteiger partial charge in [-0.05, 0) is 144 Å². The minimum Gasteiger partial charge on any atom is -0.493 e. The molecule has 0 saturated carbocycles. The average Bonchev–Trinajstić information content (AvgIpc) is 1.53. The Balaban J connectivity index is 0.000000148. The summed E-state index contributed by atoms with van der Waals surface area (Å²) in [5.74, 6) is -27.8. The van der Waals surface area contributed by atoms with Gasteiger partial charge in [0, 0.05) is 39.6 Å². The van der Waals surface area contributed by atoms with Crippen molar-refractivity contribution in [3.8, 4) is 86.2 Å². The number of carbonyl (C=O) groups excluding carboxylic acids is 3. The summed E-state index contributed by atoms with van der Waals surface area (Å²) < 4.78 is 373. The Labute approximate surface area is 812 Å². The molecule has 9 fully saturated rings. The molecule has 6 aromatic carbocycles. The highest BCUT2D eigenvalue weighted by atomic mass is 31.2. The van der Waals surface area contributed by atoms with Crippen molar-refractivity contribution in [1.29, 1.82) is 0 Å². The summed E-state index contributed by atoms with van der Waals surface area (Å²) in [5.41, 5.74) is -0.426. The van der Waals surface area contributed by atoms with Crippen LogP contribution < -0.4 is 70.4 Å². The lowest BCUT2D eigenvalue weighted by Crippen LogP contribution is -2.63. The minimum absolute atomic E-state index is 0.000461. The second-order valence-electron chi connectivity index (χ2n) is 33.0. The normalized spacial score (nSPS) is 39.9. The van der Waals surface area contributed by atoms with E-state index < -0.39 is 317 Å². The van der Waals surface area contributed by atoms with E-state index in [9.17, 15) is 92.2 Å². The molecule has 12 N–H and O–H groups in total. The Morgan fingerprint density at radius 3 is 1.09 bits per heavy atom. The maximum atomic E-state index is 14.0. The highest BCUT2D eigenvalue weighted by Crippen LogP contribution is 2.64. The van der Waals surface area contributed by atoms with Gasteiger partial charge in [-0.25, -0.2) is 13.7 Å². The molecule has 3 aliphatic carbocycles. The number of hydrogen-bond acceptors (Lipinski definition) is 42. The topological polar surface area (TPSA) is 622 Å². The van der Waals surface area contributed by atoms with Crippen LogP contribution in [0.5, 0.6) is 86.2 Å². The Hall–Kier alpha value is -9.54. The molecule has 21 rings (SSSR count). The summed E-state index contributed by atoms with van der Waals surface area (Å²) in [6, 6.07) is 14.1. The number of carbonyl (C=O) groups is 3. The Kier molecular flexibility index (Phi) is 20.7. The van der Waals surface area contributed by atoms with Gasteiger partial charge >= 0.3 is 41.4 Å². The molecule has 51 heteroatoms. The molecule has 0 radical (unpaired) electrons. The fourth-order valence-electron chi connectivity index (χ4n) is 19.1. The minimum atomic E-state index is -5.65. The number of methoxy groups -OCH3 is 6. The summed E-state index contributed by atoms with van der Waals surface area (Å²) >= 11 is 0. The van der Waals surface area contributed by atoms with E-state index >= 15 is 0 Å². The van der Waals surface area contributed by atoms with Gasteiger partial charge in [0.25, 0.3) is 0 Å². The highest BCUT2D eigenvalue weighted by Gasteiger charge is 2.62. The van der Waals surface area contributed by atoms with Crippen molar-refractivity contribution in [3.63, 3.8) is 0 Å². The van der Waals surface area contributed by atoms with Gasteiger partial charge < -0.3 is 172 Å². The van der Waals surface area contributed by atoms with Gasteiger partial charge in [0.1, 0.15) is 73.2 Å². The molecule has 0 aromatic heterocycles.